The lowest BCUT2D eigenvalue weighted by Crippen LogP contribution is -2.29. The van der Waals surface area contributed by atoms with Gasteiger partial charge >= 0.3 is 0 Å². The van der Waals surface area contributed by atoms with Crippen molar-refractivity contribution in [2.75, 3.05) is 26.4 Å². The molecule has 1 amide bonds. The molecule has 1 aromatic carbocycles. The van der Waals surface area contributed by atoms with Crippen LogP contribution in [0.25, 0.3) is 0 Å². The number of rotatable bonds is 6. The standard InChI is InChI=1S/C11H16BrN3O4S/c1-14-11(16)3-4-15-20(17,18)10-6-8(13)7(12)5-9(10)19-2/h5-6,15H,3-4,13H2,1-2H3,(H,14,16). The number of carbonyl (C=O) groups is 1. The smallest absolute Gasteiger partial charge is 0.244 e. The topological polar surface area (TPSA) is 111 Å². The minimum absolute atomic E-state index is 0.0128. The average molecular weight is 366 g/mol. The van der Waals surface area contributed by atoms with Gasteiger partial charge in [-0.3, -0.25) is 4.79 Å². The van der Waals surface area contributed by atoms with Crippen molar-refractivity contribution in [3.63, 3.8) is 0 Å². The van der Waals surface area contributed by atoms with Crippen LogP contribution in [-0.4, -0.2) is 35.0 Å². The molecule has 20 heavy (non-hydrogen) atoms. The third kappa shape index (κ3) is 4.09. The van der Waals surface area contributed by atoms with E-state index in [2.05, 4.69) is 26.0 Å². The summed E-state index contributed by atoms with van der Waals surface area (Å²) in [7, 11) is -0.958. The number of nitrogens with one attached hydrogen (secondary N) is 2. The Balaban J connectivity index is 2.97. The van der Waals surface area contributed by atoms with E-state index in [4.69, 9.17) is 10.5 Å². The van der Waals surface area contributed by atoms with Crippen LogP contribution in [0.3, 0.4) is 0 Å². The molecule has 0 aromatic heterocycles. The molecular weight excluding hydrogens is 350 g/mol. The van der Waals surface area contributed by atoms with Crippen molar-refractivity contribution >= 4 is 37.5 Å². The summed E-state index contributed by atoms with van der Waals surface area (Å²) in [6.07, 6.45) is 0.0457. The maximum absolute atomic E-state index is 12.2. The van der Waals surface area contributed by atoms with Gasteiger partial charge in [0, 0.05) is 30.2 Å². The highest BCUT2D eigenvalue weighted by molar-refractivity contribution is 9.10. The summed E-state index contributed by atoms with van der Waals surface area (Å²) < 4.78 is 32.2. The number of carbonyl (C=O) groups excluding carboxylic acids is 1. The molecule has 0 heterocycles. The fourth-order valence-corrected chi connectivity index (χ4v) is 2.96. The monoisotopic (exact) mass is 365 g/mol. The second-order valence-electron chi connectivity index (χ2n) is 3.85. The largest absolute Gasteiger partial charge is 0.495 e. The van der Waals surface area contributed by atoms with Gasteiger partial charge in [-0.25, -0.2) is 13.1 Å². The van der Waals surface area contributed by atoms with E-state index in [1.54, 1.807) is 0 Å². The fraction of sp³-hybridized carbons (Fsp3) is 0.364. The van der Waals surface area contributed by atoms with Gasteiger partial charge in [-0.05, 0) is 28.1 Å². The molecule has 112 valence electrons. The summed E-state index contributed by atoms with van der Waals surface area (Å²) in [6.45, 7) is -0.0128. The molecule has 1 aromatic rings. The SMILES string of the molecule is CNC(=O)CCNS(=O)(=O)c1cc(N)c(Br)cc1OC. The third-order valence-electron chi connectivity index (χ3n) is 2.50. The minimum atomic E-state index is -3.80. The Morgan fingerprint density at radius 3 is 2.65 bits per heavy atom. The van der Waals surface area contributed by atoms with Crippen molar-refractivity contribution in [1.82, 2.24) is 10.0 Å². The quantitative estimate of drug-likeness (QED) is 0.634. The molecular formula is C11H16BrN3O4S. The molecule has 7 nitrogen and oxygen atoms in total. The highest BCUT2D eigenvalue weighted by Gasteiger charge is 2.21. The number of amides is 1. The first-order valence-electron chi connectivity index (χ1n) is 5.65. The van der Waals surface area contributed by atoms with Gasteiger partial charge in [-0.2, -0.15) is 0 Å². The number of methoxy groups -OCH3 is 1. The summed E-state index contributed by atoms with van der Waals surface area (Å²) in [4.78, 5) is 11.0. The Morgan fingerprint density at radius 2 is 2.10 bits per heavy atom. The van der Waals surface area contributed by atoms with Crippen molar-refractivity contribution in [2.24, 2.45) is 0 Å². The van der Waals surface area contributed by atoms with Crippen LogP contribution in [0.15, 0.2) is 21.5 Å². The van der Waals surface area contributed by atoms with Crippen LogP contribution in [-0.2, 0) is 14.8 Å². The Hall–Kier alpha value is -1.32. The first-order chi connectivity index (χ1) is 9.31. The molecule has 0 atom stereocenters. The molecule has 0 spiro atoms. The highest BCUT2D eigenvalue weighted by Crippen LogP contribution is 2.32. The molecule has 9 heteroatoms. The third-order valence-corrected chi connectivity index (χ3v) is 4.66. The predicted octanol–water partition coefficient (Wildman–Crippen LogP) is 0.454. The Labute approximate surface area is 126 Å². The number of ether oxygens (including phenoxy) is 1. The predicted molar refractivity (Wildman–Crippen MR) is 79.0 cm³/mol. The van der Waals surface area contributed by atoms with Gasteiger partial charge in [-0.1, -0.05) is 0 Å². The zero-order valence-electron chi connectivity index (χ0n) is 11.1. The summed E-state index contributed by atoms with van der Waals surface area (Å²) in [6, 6.07) is 2.77. The zero-order valence-corrected chi connectivity index (χ0v) is 13.5. The van der Waals surface area contributed by atoms with Gasteiger partial charge in [-0.15, -0.1) is 0 Å². The van der Waals surface area contributed by atoms with Crippen LogP contribution < -0.4 is 20.5 Å². The number of anilines is 1. The van der Waals surface area contributed by atoms with Crippen molar-refractivity contribution in [3.8, 4) is 5.75 Å². The normalized spacial score (nSPS) is 11.2. The summed E-state index contributed by atoms with van der Waals surface area (Å²) >= 11 is 3.20. The van der Waals surface area contributed by atoms with E-state index in [1.165, 1.54) is 26.3 Å². The number of sulfonamides is 1. The van der Waals surface area contributed by atoms with E-state index in [0.29, 0.717) is 4.47 Å². The van der Waals surface area contributed by atoms with E-state index < -0.39 is 10.0 Å². The molecule has 0 saturated carbocycles. The molecule has 0 aliphatic heterocycles. The van der Waals surface area contributed by atoms with Crippen LogP contribution in [0.1, 0.15) is 6.42 Å². The lowest BCUT2D eigenvalue weighted by molar-refractivity contribution is -0.120. The molecule has 0 saturated heterocycles. The zero-order chi connectivity index (χ0) is 15.3. The number of nitrogens with two attached hydrogens (primary N) is 1. The lowest BCUT2D eigenvalue weighted by Gasteiger charge is -2.12. The molecule has 0 unspecified atom stereocenters. The van der Waals surface area contributed by atoms with Crippen LogP contribution in [0.2, 0.25) is 0 Å². The second-order valence-corrected chi connectivity index (χ2v) is 6.44. The number of hydrogen-bond acceptors (Lipinski definition) is 5. The van der Waals surface area contributed by atoms with Crippen molar-refractivity contribution in [2.45, 2.75) is 11.3 Å². The Kier molecular flexibility index (Phi) is 5.78. The van der Waals surface area contributed by atoms with E-state index >= 15 is 0 Å². The number of nitrogen functional groups attached to an aromatic ring is 1. The maximum atomic E-state index is 12.2. The van der Waals surface area contributed by atoms with Crippen LogP contribution in [0.5, 0.6) is 5.75 Å². The number of hydrogen-bond donors (Lipinski definition) is 3. The number of benzene rings is 1. The second kappa shape index (κ2) is 6.91. The van der Waals surface area contributed by atoms with Gasteiger partial charge in [0.05, 0.1) is 7.11 Å². The molecule has 0 aliphatic carbocycles. The van der Waals surface area contributed by atoms with E-state index in [0.717, 1.165) is 0 Å². The maximum Gasteiger partial charge on any atom is 0.244 e. The van der Waals surface area contributed by atoms with Gasteiger partial charge in [0.25, 0.3) is 0 Å². The molecule has 0 fully saturated rings. The van der Waals surface area contributed by atoms with Crippen LogP contribution in [0.4, 0.5) is 5.69 Å². The van der Waals surface area contributed by atoms with E-state index in [1.807, 2.05) is 0 Å². The Bertz CT molecular complexity index is 604. The molecule has 1 rings (SSSR count). The summed E-state index contributed by atoms with van der Waals surface area (Å²) in [5, 5.41) is 2.41. The summed E-state index contributed by atoms with van der Waals surface area (Å²) in [5.74, 6) is -0.0893. The first kappa shape index (κ1) is 16.7. The highest BCUT2D eigenvalue weighted by atomic mass is 79.9. The van der Waals surface area contributed by atoms with Crippen LogP contribution >= 0.6 is 15.9 Å². The van der Waals surface area contributed by atoms with Crippen molar-refractivity contribution in [1.29, 1.82) is 0 Å². The minimum Gasteiger partial charge on any atom is -0.495 e. The fourth-order valence-electron chi connectivity index (χ4n) is 1.42. The molecule has 0 aliphatic rings. The Morgan fingerprint density at radius 1 is 1.45 bits per heavy atom. The number of halogens is 1. The van der Waals surface area contributed by atoms with Gasteiger partial charge in [0.1, 0.15) is 10.6 Å². The van der Waals surface area contributed by atoms with E-state index in [-0.39, 0.29) is 35.2 Å². The average Bonchev–Trinajstić information content (AvgIpc) is 2.40. The molecule has 0 radical (unpaired) electrons. The van der Waals surface area contributed by atoms with Gasteiger partial charge in [0.2, 0.25) is 15.9 Å². The van der Waals surface area contributed by atoms with Crippen molar-refractivity contribution in [3.05, 3.63) is 16.6 Å². The van der Waals surface area contributed by atoms with Crippen molar-refractivity contribution < 1.29 is 17.9 Å². The summed E-state index contributed by atoms with van der Waals surface area (Å²) in [5.41, 5.74) is 5.96. The van der Waals surface area contributed by atoms with E-state index in [9.17, 15) is 13.2 Å². The van der Waals surface area contributed by atoms with Crippen LogP contribution in [0, 0.1) is 0 Å². The molecule has 4 N–H and O–H groups in total. The molecule has 0 bridgehead atoms. The van der Waals surface area contributed by atoms with Gasteiger partial charge in [0.15, 0.2) is 0 Å². The lowest BCUT2D eigenvalue weighted by atomic mass is 10.3. The first-order valence-corrected chi connectivity index (χ1v) is 7.92. The van der Waals surface area contributed by atoms with Gasteiger partial charge < -0.3 is 15.8 Å².